The number of rotatable bonds is 7. The Morgan fingerprint density at radius 2 is 1.67 bits per heavy atom. The minimum Gasteiger partial charge on any atom is -0.352 e. The Labute approximate surface area is 143 Å². The number of nitrogens with one attached hydrogen (secondary N) is 1. The van der Waals surface area contributed by atoms with E-state index in [4.69, 9.17) is 0 Å². The van der Waals surface area contributed by atoms with Crippen LogP contribution in [-0.2, 0) is 16.6 Å². The van der Waals surface area contributed by atoms with Crippen molar-refractivity contribution in [1.82, 2.24) is 5.32 Å². The van der Waals surface area contributed by atoms with Gasteiger partial charge in [-0.2, -0.15) is 0 Å². The normalized spacial score (nSPS) is 11.1. The lowest BCUT2D eigenvalue weighted by atomic mass is 10.1. The number of hydrogen-bond donors (Lipinski definition) is 1. The molecule has 0 aliphatic heterocycles. The second-order valence-corrected chi connectivity index (χ2v) is 7.44. The van der Waals surface area contributed by atoms with E-state index in [9.17, 15) is 13.2 Å². The topological polar surface area (TPSA) is 66.5 Å². The van der Waals surface area contributed by atoms with Gasteiger partial charge in [-0.25, -0.2) is 8.42 Å². The summed E-state index contributed by atoms with van der Waals surface area (Å²) in [5.41, 5.74) is 1.59. The Bertz CT molecular complexity index is 789. The van der Waals surface area contributed by atoms with Gasteiger partial charge in [0.15, 0.2) is 0 Å². The average Bonchev–Trinajstić information content (AvgIpc) is 2.57. The first-order chi connectivity index (χ1) is 11.4. The Kier molecular flexibility index (Phi) is 5.98. The standard InChI is InChI=1S/C18H22N2O3S/c1-3-13-19-18(21)16-11-7-8-12-17(16)20(24(2,22)23)14-15-9-5-4-6-10-15/h4-12H,3,13-14H2,1-2H3,(H,19,21). The van der Waals surface area contributed by atoms with E-state index < -0.39 is 10.0 Å². The summed E-state index contributed by atoms with van der Waals surface area (Å²) < 4.78 is 25.9. The third-order valence-electron chi connectivity index (χ3n) is 3.52. The molecule has 0 spiro atoms. The smallest absolute Gasteiger partial charge is 0.253 e. The molecule has 5 nitrogen and oxygen atoms in total. The van der Waals surface area contributed by atoms with Crippen molar-refractivity contribution in [3.05, 3.63) is 65.7 Å². The number of amides is 1. The number of para-hydroxylation sites is 1. The van der Waals surface area contributed by atoms with Crippen molar-refractivity contribution in [2.45, 2.75) is 19.9 Å². The largest absolute Gasteiger partial charge is 0.352 e. The van der Waals surface area contributed by atoms with Crippen LogP contribution in [-0.4, -0.2) is 27.1 Å². The molecule has 0 fully saturated rings. The molecule has 1 N–H and O–H groups in total. The number of carbonyl (C=O) groups excluding carboxylic acids is 1. The van der Waals surface area contributed by atoms with Crippen molar-refractivity contribution < 1.29 is 13.2 Å². The fraction of sp³-hybridized carbons (Fsp3) is 0.278. The summed E-state index contributed by atoms with van der Waals surface area (Å²) in [5.74, 6) is -0.269. The third kappa shape index (κ3) is 4.58. The summed E-state index contributed by atoms with van der Waals surface area (Å²) in [7, 11) is -3.54. The molecule has 0 unspecified atom stereocenters. The van der Waals surface area contributed by atoms with Crippen molar-refractivity contribution in [1.29, 1.82) is 0 Å². The molecule has 0 atom stereocenters. The second-order valence-electron chi connectivity index (χ2n) is 5.53. The predicted octanol–water partition coefficient (Wildman–Crippen LogP) is 2.79. The molecule has 0 aliphatic rings. The maximum atomic E-state index is 12.4. The molecule has 2 aromatic rings. The lowest BCUT2D eigenvalue weighted by Gasteiger charge is -2.24. The van der Waals surface area contributed by atoms with Crippen molar-refractivity contribution in [3.63, 3.8) is 0 Å². The first-order valence-electron chi connectivity index (χ1n) is 7.82. The van der Waals surface area contributed by atoms with E-state index in [0.29, 0.717) is 17.8 Å². The first kappa shape index (κ1) is 18.0. The fourth-order valence-corrected chi connectivity index (χ4v) is 3.25. The molecule has 0 bridgehead atoms. The molecular formula is C18H22N2O3S. The molecular weight excluding hydrogens is 324 g/mol. The molecule has 128 valence electrons. The monoisotopic (exact) mass is 346 g/mol. The van der Waals surface area contributed by atoms with Gasteiger partial charge in [0, 0.05) is 6.54 Å². The van der Waals surface area contributed by atoms with Gasteiger partial charge in [-0.3, -0.25) is 9.10 Å². The van der Waals surface area contributed by atoms with Crippen molar-refractivity contribution >= 4 is 21.6 Å². The summed E-state index contributed by atoms with van der Waals surface area (Å²) >= 11 is 0. The summed E-state index contributed by atoms with van der Waals surface area (Å²) in [6.07, 6.45) is 1.96. The number of nitrogens with zero attached hydrogens (tertiary/aromatic N) is 1. The molecule has 0 saturated heterocycles. The maximum Gasteiger partial charge on any atom is 0.253 e. The maximum absolute atomic E-state index is 12.4. The van der Waals surface area contributed by atoms with Crippen LogP contribution in [0.15, 0.2) is 54.6 Å². The highest BCUT2D eigenvalue weighted by molar-refractivity contribution is 7.92. The van der Waals surface area contributed by atoms with Gasteiger partial charge in [0.05, 0.1) is 24.1 Å². The Balaban J connectivity index is 2.42. The van der Waals surface area contributed by atoms with Crippen LogP contribution in [0, 0.1) is 0 Å². The zero-order valence-electron chi connectivity index (χ0n) is 13.9. The van der Waals surface area contributed by atoms with Gasteiger partial charge in [-0.05, 0) is 24.1 Å². The Hall–Kier alpha value is -2.34. The lowest BCUT2D eigenvalue weighted by molar-refractivity contribution is 0.0954. The molecule has 2 rings (SSSR count). The quantitative estimate of drug-likeness (QED) is 0.838. The molecule has 2 aromatic carbocycles. The van der Waals surface area contributed by atoms with Gasteiger partial charge in [0.25, 0.3) is 5.91 Å². The SMILES string of the molecule is CCCNC(=O)c1ccccc1N(Cc1ccccc1)S(C)(=O)=O. The molecule has 0 saturated carbocycles. The minimum atomic E-state index is -3.54. The van der Waals surface area contributed by atoms with Gasteiger partial charge in [0.2, 0.25) is 10.0 Å². The van der Waals surface area contributed by atoms with Crippen LogP contribution in [0.25, 0.3) is 0 Å². The van der Waals surface area contributed by atoms with Crippen molar-refractivity contribution in [3.8, 4) is 0 Å². The number of hydrogen-bond acceptors (Lipinski definition) is 3. The zero-order valence-corrected chi connectivity index (χ0v) is 14.7. The van der Waals surface area contributed by atoms with E-state index in [1.165, 1.54) is 4.31 Å². The van der Waals surface area contributed by atoms with Crippen LogP contribution in [0.5, 0.6) is 0 Å². The summed E-state index contributed by atoms with van der Waals surface area (Å²) in [6.45, 7) is 2.69. The summed E-state index contributed by atoms with van der Waals surface area (Å²) in [4.78, 5) is 12.4. The highest BCUT2D eigenvalue weighted by Crippen LogP contribution is 2.25. The van der Waals surface area contributed by atoms with E-state index in [1.54, 1.807) is 24.3 Å². The predicted molar refractivity (Wildman–Crippen MR) is 96.5 cm³/mol. The van der Waals surface area contributed by atoms with Crippen LogP contribution >= 0.6 is 0 Å². The lowest BCUT2D eigenvalue weighted by Crippen LogP contribution is -2.32. The molecule has 0 heterocycles. The third-order valence-corrected chi connectivity index (χ3v) is 4.65. The van der Waals surface area contributed by atoms with Crippen LogP contribution in [0.4, 0.5) is 5.69 Å². The molecule has 0 radical (unpaired) electrons. The van der Waals surface area contributed by atoms with Crippen LogP contribution in [0.2, 0.25) is 0 Å². The van der Waals surface area contributed by atoms with E-state index in [1.807, 2.05) is 37.3 Å². The molecule has 1 amide bonds. The number of carbonyl (C=O) groups is 1. The van der Waals surface area contributed by atoms with E-state index in [2.05, 4.69) is 5.32 Å². The van der Waals surface area contributed by atoms with Crippen molar-refractivity contribution in [2.24, 2.45) is 0 Å². The van der Waals surface area contributed by atoms with Gasteiger partial charge in [0.1, 0.15) is 0 Å². The molecule has 0 aliphatic carbocycles. The van der Waals surface area contributed by atoms with E-state index in [-0.39, 0.29) is 12.5 Å². The van der Waals surface area contributed by atoms with Crippen LogP contribution in [0.3, 0.4) is 0 Å². The molecule has 0 aromatic heterocycles. The highest BCUT2D eigenvalue weighted by Gasteiger charge is 2.23. The number of anilines is 1. The van der Waals surface area contributed by atoms with Crippen LogP contribution in [0.1, 0.15) is 29.3 Å². The second kappa shape index (κ2) is 7.97. The van der Waals surface area contributed by atoms with Gasteiger partial charge in [-0.1, -0.05) is 49.4 Å². The summed E-state index contributed by atoms with van der Waals surface area (Å²) in [6, 6.07) is 16.1. The minimum absolute atomic E-state index is 0.178. The molecule has 6 heteroatoms. The summed E-state index contributed by atoms with van der Waals surface area (Å²) in [5, 5.41) is 2.80. The first-order valence-corrected chi connectivity index (χ1v) is 9.67. The van der Waals surface area contributed by atoms with Gasteiger partial charge < -0.3 is 5.32 Å². The molecule has 24 heavy (non-hydrogen) atoms. The highest BCUT2D eigenvalue weighted by atomic mass is 32.2. The Morgan fingerprint density at radius 1 is 1.04 bits per heavy atom. The fourth-order valence-electron chi connectivity index (χ4n) is 2.35. The number of benzene rings is 2. The van der Waals surface area contributed by atoms with Gasteiger partial charge >= 0.3 is 0 Å². The number of sulfonamides is 1. The van der Waals surface area contributed by atoms with Gasteiger partial charge in [-0.15, -0.1) is 0 Å². The van der Waals surface area contributed by atoms with E-state index >= 15 is 0 Å². The Morgan fingerprint density at radius 3 is 2.29 bits per heavy atom. The van der Waals surface area contributed by atoms with Crippen molar-refractivity contribution in [2.75, 3.05) is 17.1 Å². The van der Waals surface area contributed by atoms with E-state index in [0.717, 1.165) is 18.2 Å². The average molecular weight is 346 g/mol. The zero-order chi connectivity index (χ0) is 17.6. The van der Waals surface area contributed by atoms with Crippen LogP contribution < -0.4 is 9.62 Å².